The highest BCUT2D eigenvalue weighted by molar-refractivity contribution is 14.0. The predicted molar refractivity (Wildman–Crippen MR) is 120 cm³/mol. The summed E-state index contributed by atoms with van der Waals surface area (Å²) >= 11 is 1.02. The van der Waals surface area contributed by atoms with E-state index in [0.717, 1.165) is 29.7 Å². The molecule has 0 spiro atoms. The quantitative estimate of drug-likeness (QED) is 0.311. The Morgan fingerprint density at radius 3 is 2.39 bits per heavy atom. The van der Waals surface area contributed by atoms with E-state index < -0.39 is 11.9 Å². The highest BCUT2D eigenvalue weighted by atomic mass is 127. The number of thiazole rings is 1. The van der Waals surface area contributed by atoms with Gasteiger partial charge < -0.3 is 10.6 Å². The molecule has 0 saturated heterocycles. The van der Waals surface area contributed by atoms with Crippen molar-refractivity contribution < 1.29 is 13.2 Å². The number of hydrogen-bond donors (Lipinski definition) is 2. The number of guanidine groups is 1. The van der Waals surface area contributed by atoms with Crippen LogP contribution < -0.4 is 10.6 Å². The Labute approximate surface area is 185 Å². The first-order valence-electron chi connectivity index (χ1n) is 8.70. The lowest BCUT2D eigenvalue weighted by Gasteiger charge is -2.26. The van der Waals surface area contributed by atoms with Crippen LogP contribution in [-0.4, -0.2) is 31.1 Å². The SMILES string of the molecule is CN=C(NCCc1nc(C(F)(F)F)cs1)NCC(C)(C)Cc1ccccc1.I. The Kier molecular flexibility index (Phi) is 9.68. The van der Waals surface area contributed by atoms with Crippen LogP contribution in [0.25, 0.3) is 0 Å². The standard InChI is InChI=1S/C19H25F3N4S.HI/c1-18(2,11-14-7-5-4-6-8-14)13-25-17(23-3)24-10-9-16-26-15(12-27-16)19(20,21)22;/h4-8,12H,9-11,13H2,1-3H3,(H2,23,24,25);1H. The van der Waals surface area contributed by atoms with Crippen LogP contribution in [0.15, 0.2) is 40.7 Å². The molecule has 0 bridgehead atoms. The Balaban J connectivity index is 0.00000392. The molecule has 0 atom stereocenters. The van der Waals surface area contributed by atoms with Gasteiger partial charge in [-0.15, -0.1) is 35.3 Å². The zero-order valence-electron chi connectivity index (χ0n) is 16.1. The molecule has 4 nitrogen and oxygen atoms in total. The van der Waals surface area contributed by atoms with Crippen molar-refractivity contribution in [2.45, 2.75) is 32.9 Å². The van der Waals surface area contributed by atoms with E-state index in [1.54, 1.807) is 7.05 Å². The first-order valence-corrected chi connectivity index (χ1v) is 9.58. The summed E-state index contributed by atoms with van der Waals surface area (Å²) in [4.78, 5) is 7.80. The molecule has 0 radical (unpaired) electrons. The number of aromatic nitrogens is 1. The van der Waals surface area contributed by atoms with Gasteiger partial charge in [-0.05, 0) is 17.4 Å². The van der Waals surface area contributed by atoms with Crippen LogP contribution in [0.2, 0.25) is 0 Å². The monoisotopic (exact) mass is 526 g/mol. The number of hydrogen-bond acceptors (Lipinski definition) is 3. The molecule has 0 amide bonds. The fraction of sp³-hybridized carbons (Fsp3) is 0.474. The average molecular weight is 526 g/mol. The van der Waals surface area contributed by atoms with Crippen LogP contribution in [0.4, 0.5) is 13.2 Å². The molecule has 0 aliphatic carbocycles. The molecule has 156 valence electrons. The van der Waals surface area contributed by atoms with Crippen molar-refractivity contribution in [3.8, 4) is 0 Å². The minimum absolute atomic E-state index is 0. The van der Waals surface area contributed by atoms with E-state index in [0.29, 0.717) is 23.9 Å². The molecule has 0 saturated carbocycles. The molecule has 0 fully saturated rings. The van der Waals surface area contributed by atoms with Gasteiger partial charge in [0.2, 0.25) is 0 Å². The summed E-state index contributed by atoms with van der Waals surface area (Å²) in [5, 5.41) is 7.92. The number of nitrogens with one attached hydrogen (secondary N) is 2. The molecule has 2 rings (SSSR count). The molecule has 0 unspecified atom stereocenters. The average Bonchev–Trinajstić information content (AvgIpc) is 3.07. The van der Waals surface area contributed by atoms with Crippen LogP contribution in [0.1, 0.15) is 30.1 Å². The minimum Gasteiger partial charge on any atom is -0.356 e. The fourth-order valence-corrected chi connectivity index (χ4v) is 3.40. The largest absolute Gasteiger partial charge is 0.434 e. The zero-order valence-corrected chi connectivity index (χ0v) is 19.3. The highest BCUT2D eigenvalue weighted by Gasteiger charge is 2.33. The van der Waals surface area contributed by atoms with Crippen LogP contribution in [0.5, 0.6) is 0 Å². The van der Waals surface area contributed by atoms with E-state index in [9.17, 15) is 13.2 Å². The van der Waals surface area contributed by atoms with Gasteiger partial charge in [-0.3, -0.25) is 4.99 Å². The van der Waals surface area contributed by atoms with E-state index in [4.69, 9.17) is 0 Å². The maximum absolute atomic E-state index is 12.6. The summed E-state index contributed by atoms with van der Waals surface area (Å²) < 4.78 is 37.7. The maximum Gasteiger partial charge on any atom is 0.434 e. The summed E-state index contributed by atoms with van der Waals surface area (Å²) in [7, 11) is 1.67. The van der Waals surface area contributed by atoms with Gasteiger partial charge in [0, 0.05) is 31.9 Å². The Morgan fingerprint density at radius 1 is 1.14 bits per heavy atom. The predicted octanol–water partition coefficient (Wildman–Crippen LogP) is 4.76. The lowest BCUT2D eigenvalue weighted by atomic mass is 9.86. The Bertz CT molecular complexity index is 745. The van der Waals surface area contributed by atoms with Crippen molar-refractivity contribution in [1.29, 1.82) is 0 Å². The Morgan fingerprint density at radius 2 is 1.82 bits per heavy atom. The van der Waals surface area contributed by atoms with Gasteiger partial charge >= 0.3 is 6.18 Å². The van der Waals surface area contributed by atoms with E-state index in [1.165, 1.54) is 5.56 Å². The van der Waals surface area contributed by atoms with Gasteiger partial charge in [-0.25, -0.2) is 4.98 Å². The number of aliphatic imine (C=N–C) groups is 1. The topological polar surface area (TPSA) is 49.3 Å². The van der Waals surface area contributed by atoms with Crippen LogP contribution >= 0.6 is 35.3 Å². The van der Waals surface area contributed by atoms with Gasteiger partial charge in [0.25, 0.3) is 0 Å². The van der Waals surface area contributed by atoms with Crippen molar-refractivity contribution in [3.63, 3.8) is 0 Å². The van der Waals surface area contributed by atoms with Crippen LogP contribution in [-0.2, 0) is 19.0 Å². The minimum atomic E-state index is -4.38. The van der Waals surface area contributed by atoms with Crippen molar-refractivity contribution in [2.75, 3.05) is 20.1 Å². The Hall–Kier alpha value is -1.36. The smallest absolute Gasteiger partial charge is 0.356 e. The van der Waals surface area contributed by atoms with Crippen LogP contribution in [0.3, 0.4) is 0 Å². The molecule has 0 aliphatic heterocycles. The van der Waals surface area contributed by atoms with Gasteiger partial charge in [0.15, 0.2) is 11.7 Å². The first-order chi connectivity index (χ1) is 12.7. The summed E-state index contributed by atoms with van der Waals surface area (Å²) in [6, 6.07) is 10.3. The maximum atomic E-state index is 12.6. The van der Waals surface area contributed by atoms with Gasteiger partial charge in [0.05, 0.1) is 5.01 Å². The molecule has 2 aromatic rings. The second-order valence-electron chi connectivity index (χ2n) is 7.05. The van der Waals surface area contributed by atoms with Gasteiger partial charge in [-0.1, -0.05) is 44.2 Å². The second-order valence-corrected chi connectivity index (χ2v) is 8.00. The summed E-state index contributed by atoms with van der Waals surface area (Å²) in [6.07, 6.45) is -3.05. The van der Waals surface area contributed by atoms with Gasteiger partial charge in [-0.2, -0.15) is 13.2 Å². The normalized spacial score (nSPS) is 12.4. The lowest BCUT2D eigenvalue weighted by molar-refractivity contribution is -0.140. The molecular weight excluding hydrogens is 500 g/mol. The molecule has 1 aromatic heterocycles. The third-order valence-corrected chi connectivity index (χ3v) is 4.87. The number of nitrogens with zero attached hydrogens (tertiary/aromatic N) is 2. The molecule has 1 heterocycles. The fourth-order valence-electron chi connectivity index (χ4n) is 2.60. The van der Waals surface area contributed by atoms with Crippen LogP contribution in [0, 0.1) is 5.41 Å². The molecule has 2 N–H and O–H groups in total. The number of halogens is 4. The van der Waals surface area contributed by atoms with Gasteiger partial charge in [0.1, 0.15) is 0 Å². The lowest BCUT2D eigenvalue weighted by Crippen LogP contribution is -2.43. The van der Waals surface area contributed by atoms with Crippen molar-refractivity contribution in [3.05, 3.63) is 52.0 Å². The number of alkyl halides is 3. The second kappa shape index (κ2) is 11.0. The third-order valence-electron chi connectivity index (χ3n) is 3.96. The van der Waals surface area contributed by atoms with Crippen molar-refractivity contribution in [1.82, 2.24) is 15.6 Å². The zero-order chi connectivity index (χ0) is 19.9. The van der Waals surface area contributed by atoms with E-state index in [-0.39, 0.29) is 29.4 Å². The first kappa shape index (κ1) is 24.7. The molecule has 0 aliphatic rings. The molecule has 1 aromatic carbocycles. The summed E-state index contributed by atoms with van der Waals surface area (Å²) in [6.45, 7) is 5.53. The molecule has 9 heteroatoms. The van der Waals surface area contributed by atoms with Crippen molar-refractivity contribution >= 4 is 41.3 Å². The summed E-state index contributed by atoms with van der Waals surface area (Å²) in [5.41, 5.74) is 0.472. The molecule has 28 heavy (non-hydrogen) atoms. The molecular formula is C19H26F3IN4S. The van der Waals surface area contributed by atoms with E-state index in [2.05, 4.69) is 46.6 Å². The van der Waals surface area contributed by atoms with E-state index in [1.807, 2.05) is 18.2 Å². The number of rotatable bonds is 7. The number of benzene rings is 1. The van der Waals surface area contributed by atoms with Crippen molar-refractivity contribution in [2.24, 2.45) is 10.4 Å². The summed E-state index contributed by atoms with van der Waals surface area (Å²) in [5.74, 6) is 0.628. The highest BCUT2D eigenvalue weighted by Crippen LogP contribution is 2.30. The third kappa shape index (κ3) is 8.34. The van der Waals surface area contributed by atoms with E-state index >= 15 is 0 Å².